The minimum absolute atomic E-state index is 0.0211. The largest absolute Gasteiger partial charge is 0.611 e. The van der Waals surface area contributed by atoms with E-state index in [2.05, 4.69) is 0 Å². The van der Waals surface area contributed by atoms with E-state index in [4.69, 9.17) is 5.11 Å². The summed E-state index contributed by atoms with van der Waals surface area (Å²) in [6.07, 6.45) is 0. The molecule has 0 fully saturated rings. The molecule has 0 aliphatic carbocycles. The fraction of sp³-hybridized carbons (Fsp3) is 0.611. The number of phenolic OH excluding ortho intramolecular Hbond substituents is 1. The number of carbonyl (C=O) groups is 1. The lowest BCUT2D eigenvalue weighted by Crippen LogP contribution is -2.20. The number of aliphatic carboxylic acids is 1. The number of carboxylic acids is 1. The van der Waals surface area contributed by atoms with Gasteiger partial charge in [-0.05, 0) is 22.0 Å². The summed E-state index contributed by atoms with van der Waals surface area (Å²) < 4.78 is 12.6. The maximum atomic E-state index is 12.6. The zero-order valence-electron chi connectivity index (χ0n) is 15.3. The standard InChI is InChI=1S/C18H28O4S2/c1-17(2,3)13-9-12(10-14(16(13)21)18(4,5)6)24(22)8-7-23-11-15(19)20/h9-10,21H,7-8,11H2,1-6H3,(H,19,20). The van der Waals surface area contributed by atoms with E-state index in [1.165, 1.54) is 11.8 Å². The number of hydrogen-bond acceptors (Lipinski definition) is 4. The number of rotatable bonds is 6. The van der Waals surface area contributed by atoms with Crippen molar-refractivity contribution in [2.75, 3.05) is 17.3 Å². The SMILES string of the molecule is CC(C)(C)c1cc([S+]([O-])CCSCC(=O)O)cc(C(C)(C)C)c1O. The quantitative estimate of drug-likeness (QED) is 0.584. The molecule has 1 aromatic rings. The Bertz CT molecular complexity index is 551. The Morgan fingerprint density at radius 2 is 1.58 bits per heavy atom. The molecule has 0 aromatic heterocycles. The van der Waals surface area contributed by atoms with E-state index in [1.807, 2.05) is 53.7 Å². The number of thioether (sulfide) groups is 1. The van der Waals surface area contributed by atoms with Crippen LogP contribution in [0, 0.1) is 0 Å². The molecule has 0 aliphatic heterocycles. The van der Waals surface area contributed by atoms with E-state index in [9.17, 15) is 14.5 Å². The fourth-order valence-corrected chi connectivity index (χ4v) is 4.42. The predicted octanol–water partition coefficient (Wildman–Crippen LogP) is 3.91. The molecular formula is C18H28O4S2. The minimum Gasteiger partial charge on any atom is -0.611 e. The number of carboxylic acid groups (broad SMARTS) is 1. The lowest BCUT2D eigenvalue weighted by Gasteiger charge is -2.28. The molecule has 136 valence electrons. The molecule has 0 amide bonds. The second-order valence-electron chi connectivity index (χ2n) is 7.86. The summed E-state index contributed by atoms with van der Waals surface area (Å²) in [5.74, 6) is 0.356. The van der Waals surface area contributed by atoms with Crippen molar-refractivity contribution in [3.05, 3.63) is 23.3 Å². The van der Waals surface area contributed by atoms with Gasteiger partial charge >= 0.3 is 5.97 Å². The molecule has 0 aliphatic rings. The van der Waals surface area contributed by atoms with Crippen LogP contribution in [0.3, 0.4) is 0 Å². The van der Waals surface area contributed by atoms with E-state index >= 15 is 0 Å². The second kappa shape index (κ2) is 8.02. The molecule has 0 bridgehead atoms. The third-order valence-electron chi connectivity index (χ3n) is 3.60. The number of hydrogen-bond donors (Lipinski definition) is 2. The van der Waals surface area contributed by atoms with E-state index in [0.717, 1.165) is 11.1 Å². The smallest absolute Gasteiger partial charge is 0.313 e. The Morgan fingerprint density at radius 1 is 1.12 bits per heavy atom. The first-order chi connectivity index (χ1) is 10.8. The van der Waals surface area contributed by atoms with Gasteiger partial charge in [0.25, 0.3) is 0 Å². The van der Waals surface area contributed by atoms with Crippen LogP contribution in [0.4, 0.5) is 0 Å². The van der Waals surface area contributed by atoms with Crippen LogP contribution in [0.15, 0.2) is 17.0 Å². The van der Waals surface area contributed by atoms with Crippen molar-refractivity contribution in [3.8, 4) is 5.75 Å². The normalized spacial score (nSPS) is 13.8. The van der Waals surface area contributed by atoms with Crippen LogP contribution in [0.1, 0.15) is 52.7 Å². The highest BCUT2D eigenvalue weighted by atomic mass is 32.2. The van der Waals surface area contributed by atoms with Gasteiger partial charge in [0, 0.05) is 29.0 Å². The maximum absolute atomic E-state index is 12.6. The number of benzene rings is 1. The molecule has 6 heteroatoms. The summed E-state index contributed by atoms with van der Waals surface area (Å²) in [7, 11) is 0. The Hall–Kier alpha value is -0.850. The molecular weight excluding hydrogens is 344 g/mol. The van der Waals surface area contributed by atoms with Gasteiger partial charge in [-0.25, -0.2) is 0 Å². The Morgan fingerprint density at radius 3 is 1.96 bits per heavy atom. The van der Waals surface area contributed by atoms with Gasteiger partial charge in [0.1, 0.15) is 11.5 Å². The lowest BCUT2D eigenvalue weighted by molar-refractivity contribution is -0.133. The molecule has 1 rings (SSSR count). The Balaban J connectivity index is 3.12. The summed E-state index contributed by atoms with van der Waals surface area (Å²) in [6, 6.07) is 3.64. The van der Waals surface area contributed by atoms with Gasteiger partial charge in [-0.3, -0.25) is 4.79 Å². The van der Waals surface area contributed by atoms with Gasteiger partial charge in [-0.2, -0.15) is 0 Å². The topological polar surface area (TPSA) is 80.6 Å². The van der Waals surface area contributed by atoms with Crippen LogP contribution < -0.4 is 0 Å². The molecule has 0 spiro atoms. The fourth-order valence-electron chi connectivity index (χ4n) is 2.29. The summed E-state index contributed by atoms with van der Waals surface area (Å²) >= 11 is 0.0436. The monoisotopic (exact) mass is 372 g/mol. The highest BCUT2D eigenvalue weighted by Gasteiger charge is 2.29. The highest BCUT2D eigenvalue weighted by molar-refractivity contribution is 8.01. The first kappa shape index (κ1) is 21.2. The third kappa shape index (κ3) is 5.90. The summed E-state index contributed by atoms with van der Waals surface area (Å²) in [6.45, 7) is 12.1. The molecule has 1 aromatic carbocycles. The van der Waals surface area contributed by atoms with Crippen molar-refractivity contribution in [2.24, 2.45) is 0 Å². The molecule has 0 heterocycles. The molecule has 1 atom stereocenters. The van der Waals surface area contributed by atoms with Crippen LogP contribution in [-0.4, -0.2) is 38.0 Å². The van der Waals surface area contributed by atoms with E-state index in [-0.39, 0.29) is 22.3 Å². The van der Waals surface area contributed by atoms with Gasteiger partial charge in [0.15, 0.2) is 4.90 Å². The number of phenols is 1. The second-order valence-corrected chi connectivity index (χ2v) is 10.5. The summed E-state index contributed by atoms with van der Waals surface area (Å²) in [5.41, 5.74) is 1.05. The van der Waals surface area contributed by atoms with Crippen molar-refractivity contribution in [1.29, 1.82) is 0 Å². The lowest BCUT2D eigenvalue weighted by atomic mass is 9.79. The summed E-state index contributed by atoms with van der Waals surface area (Å²) in [4.78, 5) is 11.2. The van der Waals surface area contributed by atoms with Gasteiger partial charge in [0.2, 0.25) is 0 Å². The van der Waals surface area contributed by atoms with Crippen molar-refractivity contribution in [2.45, 2.75) is 57.3 Å². The Labute approximate surface area is 152 Å². The third-order valence-corrected chi connectivity index (χ3v) is 6.14. The van der Waals surface area contributed by atoms with E-state index < -0.39 is 17.1 Å². The van der Waals surface area contributed by atoms with Crippen LogP contribution in [0.2, 0.25) is 0 Å². The van der Waals surface area contributed by atoms with Gasteiger partial charge in [0.05, 0.1) is 5.75 Å². The predicted molar refractivity (Wildman–Crippen MR) is 102 cm³/mol. The van der Waals surface area contributed by atoms with Crippen molar-refractivity contribution in [1.82, 2.24) is 0 Å². The first-order valence-corrected chi connectivity index (χ1v) is 10.4. The molecule has 0 saturated carbocycles. The summed E-state index contributed by atoms with van der Waals surface area (Å²) in [5, 5.41) is 19.3. The van der Waals surface area contributed by atoms with Crippen molar-refractivity contribution < 1.29 is 19.6 Å². The maximum Gasteiger partial charge on any atom is 0.313 e. The first-order valence-electron chi connectivity index (χ1n) is 7.90. The van der Waals surface area contributed by atoms with Crippen LogP contribution in [0.5, 0.6) is 5.75 Å². The zero-order chi connectivity index (χ0) is 18.7. The van der Waals surface area contributed by atoms with Gasteiger partial charge in [-0.1, -0.05) is 41.5 Å². The van der Waals surface area contributed by atoms with E-state index in [0.29, 0.717) is 16.4 Å². The molecule has 24 heavy (non-hydrogen) atoms. The Kier molecular flexibility index (Phi) is 7.08. The van der Waals surface area contributed by atoms with Crippen molar-refractivity contribution >= 4 is 28.9 Å². The molecule has 1 unspecified atom stereocenters. The average molecular weight is 373 g/mol. The van der Waals surface area contributed by atoms with Crippen LogP contribution in [-0.2, 0) is 26.8 Å². The van der Waals surface area contributed by atoms with Gasteiger partial charge < -0.3 is 14.8 Å². The van der Waals surface area contributed by atoms with E-state index in [1.54, 1.807) is 0 Å². The molecule has 4 nitrogen and oxygen atoms in total. The molecule has 0 radical (unpaired) electrons. The minimum atomic E-state index is -1.22. The zero-order valence-corrected chi connectivity index (χ0v) is 16.9. The molecule has 0 saturated heterocycles. The number of aromatic hydroxyl groups is 1. The molecule has 2 N–H and O–H groups in total. The van der Waals surface area contributed by atoms with Gasteiger partial charge in [-0.15, -0.1) is 11.8 Å². The average Bonchev–Trinajstić information content (AvgIpc) is 2.40. The van der Waals surface area contributed by atoms with Crippen molar-refractivity contribution in [3.63, 3.8) is 0 Å². The van der Waals surface area contributed by atoms with Crippen LogP contribution in [0.25, 0.3) is 0 Å². The highest BCUT2D eigenvalue weighted by Crippen LogP contribution is 2.40. The van der Waals surface area contributed by atoms with Crippen LogP contribution >= 0.6 is 11.8 Å².